The van der Waals surface area contributed by atoms with Crippen LogP contribution in [0.2, 0.25) is 0 Å². The molecular weight excluding hydrogens is 239 g/mol. The number of benzene rings is 2. The molecule has 2 rings (SSSR count). The summed E-state index contributed by atoms with van der Waals surface area (Å²) in [5.74, 6) is -0.230. The molecular formula is C16H19FN2. The van der Waals surface area contributed by atoms with E-state index < -0.39 is 0 Å². The van der Waals surface area contributed by atoms with E-state index in [0.717, 1.165) is 13.1 Å². The van der Waals surface area contributed by atoms with Crippen molar-refractivity contribution in [2.45, 2.75) is 20.0 Å². The molecule has 0 aromatic heterocycles. The molecule has 3 heteroatoms. The zero-order valence-corrected chi connectivity index (χ0v) is 11.1. The first kappa shape index (κ1) is 13.6. The standard InChI is InChI=1S/C16H19FN2/c1-2-19(11-13-6-4-3-5-7-13)12-14-8-9-15(18)10-16(14)17/h3-10H,2,11-12,18H2,1H3. The molecule has 2 nitrogen and oxygen atoms in total. The molecule has 0 atom stereocenters. The highest BCUT2D eigenvalue weighted by Crippen LogP contribution is 2.15. The molecule has 0 amide bonds. The third-order valence-electron chi connectivity index (χ3n) is 3.17. The molecule has 0 aliphatic carbocycles. The van der Waals surface area contributed by atoms with Gasteiger partial charge in [0, 0.05) is 24.3 Å². The van der Waals surface area contributed by atoms with Crippen LogP contribution in [0.15, 0.2) is 48.5 Å². The summed E-state index contributed by atoms with van der Waals surface area (Å²) in [6.07, 6.45) is 0. The van der Waals surface area contributed by atoms with Gasteiger partial charge in [-0.25, -0.2) is 4.39 Å². The molecule has 0 aliphatic heterocycles. The lowest BCUT2D eigenvalue weighted by atomic mass is 10.1. The lowest BCUT2D eigenvalue weighted by Gasteiger charge is -2.21. The van der Waals surface area contributed by atoms with Gasteiger partial charge >= 0.3 is 0 Å². The van der Waals surface area contributed by atoms with Crippen molar-refractivity contribution in [3.05, 3.63) is 65.5 Å². The molecule has 0 bridgehead atoms. The fourth-order valence-electron chi connectivity index (χ4n) is 2.05. The summed E-state index contributed by atoms with van der Waals surface area (Å²) in [5.41, 5.74) is 7.95. The first-order valence-electron chi connectivity index (χ1n) is 6.49. The maximum absolute atomic E-state index is 13.8. The summed E-state index contributed by atoms with van der Waals surface area (Å²) < 4.78 is 13.8. The molecule has 0 aliphatic rings. The second-order valence-corrected chi connectivity index (χ2v) is 4.64. The van der Waals surface area contributed by atoms with Crippen LogP contribution in [-0.4, -0.2) is 11.4 Å². The molecule has 2 N–H and O–H groups in total. The van der Waals surface area contributed by atoms with Crippen molar-refractivity contribution in [1.82, 2.24) is 4.90 Å². The Morgan fingerprint density at radius 3 is 2.42 bits per heavy atom. The van der Waals surface area contributed by atoms with Crippen LogP contribution in [0.1, 0.15) is 18.1 Å². The highest BCUT2D eigenvalue weighted by molar-refractivity contribution is 5.40. The molecule has 0 heterocycles. The van der Waals surface area contributed by atoms with Crippen molar-refractivity contribution in [3.63, 3.8) is 0 Å². The number of hydrogen-bond acceptors (Lipinski definition) is 2. The molecule has 0 fully saturated rings. The van der Waals surface area contributed by atoms with Gasteiger partial charge in [0.05, 0.1) is 0 Å². The topological polar surface area (TPSA) is 29.3 Å². The normalized spacial score (nSPS) is 10.9. The van der Waals surface area contributed by atoms with Crippen LogP contribution in [0.4, 0.5) is 10.1 Å². The van der Waals surface area contributed by atoms with Crippen LogP contribution in [0.5, 0.6) is 0 Å². The number of nitrogens with two attached hydrogens (primary N) is 1. The van der Waals surface area contributed by atoms with E-state index in [-0.39, 0.29) is 5.82 Å². The van der Waals surface area contributed by atoms with Crippen molar-refractivity contribution in [3.8, 4) is 0 Å². The minimum absolute atomic E-state index is 0.230. The average molecular weight is 258 g/mol. The molecule has 19 heavy (non-hydrogen) atoms. The zero-order valence-electron chi connectivity index (χ0n) is 11.1. The Hall–Kier alpha value is -1.87. The van der Waals surface area contributed by atoms with Gasteiger partial charge in [0.25, 0.3) is 0 Å². The van der Waals surface area contributed by atoms with Crippen LogP contribution in [0.25, 0.3) is 0 Å². The third-order valence-corrected chi connectivity index (χ3v) is 3.17. The summed E-state index contributed by atoms with van der Waals surface area (Å²) in [5, 5.41) is 0. The van der Waals surface area contributed by atoms with Crippen molar-refractivity contribution >= 4 is 5.69 Å². The minimum Gasteiger partial charge on any atom is -0.399 e. The highest BCUT2D eigenvalue weighted by atomic mass is 19.1. The van der Waals surface area contributed by atoms with Gasteiger partial charge in [0.2, 0.25) is 0 Å². The van der Waals surface area contributed by atoms with E-state index >= 15 is 0 Å². The maximum Gasteiger partial charge on any atom is 0.129 e. The Kier molecular flexibility index (Phi) is 4.53. The summed E-state index contributed by atoms with van der Waals surface area (Å²) >= 11 is 0. The van der Waals surface area contributed by atoms with Crippen molar-refractivity contribution in [2.75, 3.05) is 12.3 Å². The fourth-order valence-corrected chi connectivity index (χ4v) is 2.05. The van der Waals surface area contributed by atoms with Gasteiger partial charge in [-0.3, -0.25) is 4.90 Å². The van der Waals surface area contributed by atoms with Crippen LogP contribution in [0.3, 0.4) is 0 Å². The van der Waals surface area contributed by atoms with E-state index in [0.29, 0.717) is 17.8 Å². The van der Waals surface area contributed by atoms with E-state index in [9.17, 15) is 4.39 Å². The minimum atomic E-state index is -0.230. The molecule has 0 unspecified atom stereocenters. The molecule has 100 valence electrons. The first-order valence-corrected chi connectivity index (χ1v) is 6.49. The van der Waals surface area contributed by atoms with Gasteiger partial charge in [-0.2, -0.15) is 0 Å². The Balaban J connectivity index is 2.06. The molecule has 0 spiro atoms. The molecule has 0 radical (unpaired) electrons. The van der Waals surface area contributed by atoms with Crippen molar-refractivity contribution < 1.29 is 4.39 Å². The summed E-state index contributed by atoms with van der Waals surface area (Å²) in [4.78, 5) is 2.20. The number of nitrogens with zero attached hydrogens (tertiary/aromatic N) is 1. The highest BCUT2D eigenvalue weighted by Gasteiger charge is 2.08. The zero-order chi connectivity index (χ0) is 13.7. The monoisotopic (exact) mass is 258 g/mol. The summed E-state index contributed by atoms with van der Waals surface area (Å²) in [7, 11) is 0. The van der Waals surface area contributed by atoms with Crippen LogP contribution in [-0.2, 0) is 13.1 Å². The summed E-state index contributed by atoms with van der Waals surface area (Å²) in [6, 6.07) is 15.1. The molecule has 2 aromatic carbocycles. The van der Waals surface area contributed by atoms with Gasteiger partial charge < -0.3 is 5.73 Å². The van der Waals surface area contributed by atoms with Gasteiger partial charge in [0.1, 0.15) is 5.82 Å². The van der Waals surface area contributed by atoms with Gasteiger partial charge in [-0.15, -0.1) is 0 Å². The van der Waals surface area contributed by atoms with Crippen LogP contribution in [0, 0.1) is 5.82 Å². The maximum atomic E-state index is 13.8. The second-order valence-electron chi connectivity index (χ2n) is 4.64. The number of halogens is 1. The SMILES string of the molecule is CCN(Cc1ccccc1)Cc1ccc(N)cc1F. The quantitative estimate of drug-likeness (QED) is 0.832. The Bertz CT molecular complexity index is 526. The van der Waals surface area contributed by atoms with Gasteiger partial charge in [0.15, 0.2) is 0 Å². The van der Waals surface area contributed by atoms with E-state index in [2.05, 4.69) is 24.0 Å². The van der Waals surface area contributed by atoms with E-state index in [4.69, 9.17) is 5.73 Å². The Labute approximate surface area is 113 Å². The molecule has 2 aromatic rings. The lowest BCUT2D eigenvalue weighted by Crippen LogP contribution is -2.22. The van der Waals surface area contributed by atoms with E-state index in [1.54, 1.807) is 12.1 Å². The number of nitrogen functional groups attached to an aromatic ring is 1. The molecule has 0 saturated carbocycles. The average Bonchev–Trinajstić information content (AvgIpc) is 2.42. The first-order chi connectivity index (χ1) is 9.19. The van der Waals surface area contributed by atoms with E-state index in [1.807, 2.05) is 18.2 Å². The van der Waals surface area contributed by atoms with E-state index in [1.165, 1.54) is 11.6 Å². The Morgan fingerprint density at radius 2 is 1.79 bits per heavy atom. The largest absolute Gasteiger partial charge is 0.399 e. The Morgan fingerprint density at radius 1 is 1.05 bits per heavy atom. The summed E-state index contributed by atoms with van der Waals surface area (Å²) in [6.45, 7) is 4.37. The lowest BCUT2D eigenvalue weighted by molar-refractivity contribution is 0.267. The second kappa shape index (κ2) is 6.34. The number of hydrogen-bond donors (Lipinski definition) is 1. The van der Waals surface area contributed by atoms with Crippen molar-refractivity contribution in [2.24, 2.45) is 0 Å². The number of anilines is 1. The van der Waals surface area contributed by atoms with Gasteiger partial charge in [-0.05, 0) is 24.2 Å². The van der Waals surface area contributed by atoms with Gasteiger partial charge in [-0.1, -0.05) is 43.3 Å². The van der Waals surface area contributed by atoms with Crippen LogP contribution >= 0.6 is 0 Å². The van der Waals surface area contributed by atoms with Crippen molar-refractivity contribution in [1.29, 1.82) is 0 Å². The molecule has 0 saturated heterocycles. The fraction of sp³-hybridized carbons (Fsp3) is 0.250. The number of rotatable bonds is 5. The predicted molar refractivity (Wildman–Crippen MR) is 77.0 cm³/mol. The third kappa shape index (κ3) is 3.80. The van der Waals surface area contributed by atoms with Crippen LogP contribution < -0.4 is 5.73 Å². The predicted octanol–water partition coefficient (Wildman–Crippen LogP) is 3.43. The smallest absolute Gasteiger partial charge is 0.129 e.